The fourth-order valence-electron chi connectivity index (χ4n) is 1.75. The van der Waals surface area contributed by atoms with Gasteiger partial charge in [-0.3, -0.25) is 0 Å². The van der Waals surface area contributed by atoms with Crippen LogP contribution in [-0.4, -0.2) is 48.4 Å². The Bertz CT molecular complexity index is 426. The molecule has 1 aliphatic rings. The number of nitrogens with zero attached hydrogens (tertiary/aromatic N) is 3. The average molecular weight is 295 g/mol. The van der Waals surface area contributed by atoms with Crippen molar-refractivity contribution in [1.29, 1.82) is 0 Å². The first kappa shape index (κ1) is 15.8. The second kappa shape index (κ2) is 8.61. The minimum Gasteiger partial charge on any atom is -0.467 e. The summed E-state index contributed by atoms with van der Waals surface area (Å²) in [6.45, 7) is 5.36. The van der Waals surface area contributed by atoms with E-state index in [0.717, 1.165) is 45.1 Å². The van der Waals surface area contributed by atoms with Crippen LogP contribution in [0.2, 0.25) is 0 Å². The Morgan fingerprint density at radius 1 is 1.10 bits per heavy atom. The molecule has 2 rings (SSSR count). The third-order valence-corrected chi connectivity index (χ3v) is 3.13. The van der Waals surface area contributed by atoms with E-state index in [4.69, 9.17) is 9.47 Å². The van der Waals surface area contributed by atoms with Gasteiger partial charge in [0.1, 0.15) is 0 Å². The van der Waals surface area contributed by atoms with Crippen molar-refractivity contribution < 1.29 is 9.47 Å². The van der Waals surface area contributed by atoms with Gasteiger partial charge >= 0.3 is 6.01 Å². The molecule has 1 heterocycles. The zero-order chi connectivity index (χ0) is 14.9. The van der Waals surface area contributed by atoms with Gasteiger partial charge in [-0.25, -0.2) is 0 Å². The lowest BCUT2D eigenvalue weighted by Crippen LogP contribution is -2.12. The summed E-state index contributed by atoms with van der Waals surface area (Å²) in [6, 6.07) is 0.316. The van der Waals surface area contributed by atoms with Crippen LogP contribution in [0.1, 0.15) is 32.6 Å². The first-order valence-electron chi connectivity index (χ1n) is 7.67. The van der Waals surface area contributed by atoms with E-state index in [0.29, 0.717) is 17.9 Å². The molecule has 0 aliphatic heterocycles. The molecule has 1 saturated carbocycles. The summed E-state index contributed by atoms with van der Waals surface area (Å²) >= 11 is 0. The van der Waals surface area contributed by atoms with E-state index in [1.165, 1.54) is 12.8 Å². The molecule has 0 unspecified atom stereocenters. The van der Waals surface area contributed by atoms with Crippen molar-refractivity contribution in [2.75, 3.05) is 44.0 Å². The molecule has 0 aromatic carbocycles. The Balaban J connectivity index is 1.71. The largest absolute Gasteiger partial charge is 0.467 e. The van der Waals surface area contributed by atoms with E-state index in [-0.39, 0.29) is 0 Å². The van der Waals surface area contributed by atoms with Crippen molar-refractivity contribution in [1.82, 2.24) is 15.0 Å². The summed E-state index contributed by atoms with van der Waals surface area (Å²) in [4.78, 5) is 12.6. The number of anilines is 2. The number of hydrogen-bond acceptors (Lipinski definition) is 7. The molecule has 7 nitrogen and oxygen atoms in total. The molecule has 0 amide bonds. The van der Waals surface area contributed by atoms with Gasteiger partial charge in [-0.05, 0) is 31.6 Å². The predicted molar refractivity (Wildman–Crippen MR) is 81.8 cm³/mol. The topological polar surface area (TPSA) is 81.2 Å². The smallest absolute Gasteiger partial charge is 0.322 e. The fourth-order valence-corrected chi connectivity index (χ4v) is 1.75. The number of nitrogens with one attached hydrogen (secondary N) is 2. The second-order valence-corrected chi connectivity index (χ2v) is 5.19. The highest BCUT2D eigenvalue weighted by atomic mass is 16.5. The molecule has 118 valence electrons. The van der Waals surface area contributed by atoms with E-state index in [2.05, 4.69) is 32.5 Å². The van der Waals surface area contributed by atoms with E-state index < -0.39 is 0 Å². The fraction of sp³-hybridized carbons (Fsp3) is 0.786. The third-order valence-electron chi connectivity index (χ3n) is 3.13. The summed E-state index contributed by atoms with van der Waals surface area (Å²) in [5, 5.41) is 6.31. The molecule has 1 fully saturated rings. The maximum atomic E-state index is 5.59. The van der Waals surface area contributed by atoms with Gasteiger partial charge < -0.3 is 20.1 Å². The first-order valence-corrected chi connectivity index (χ1v) is 7.67. The highest BCUT2D eigenvalue weighted by molar-refractivity contribution is 5.35. The van der Waals surface area contributed by atoms with Crippen LogP contribution < -0.4 is 15.4 Å². The van der Waals surface area contributed by atoms with Gasteiger partial charge in [-0.15, -0.1) is 0 Å². The number of ether oxygens (including phenoxy) is 2. The van der Waals surface area contributed by atoms with Gasteiger partial charge in [-0.1, -0.05) is 6.92 Å². The molecular formula is C14H25N5O2. The van der Waals surface area contributed by atoms with Crippen LogP contribution in [0.3, 0.4) is 0 Å². The molecule has 7 heteroatoms. The molecular weight excluding hydrogens is 270 g/mol. The maximum Gasteiger partial charge on any atom is 0.322 e. The average Bonchev–Trinajstić information content (AvgIpc) is 3.32. The molecule has 0 spiro atoms. The second-order valence-electron chi connectivity index (χ2n) is 5.19. The highest BCUT2D eigenvalue weighted by Gasteiger charge is 2.20. The molecule has 0 radical (unpaired) electrons. The number of hydrogen-bond donors (Lipinski definition) is 2. The summed E-state index contributed by atoms with van der Waals surface area (Å²) < 4.78 is 10.7. The SMILES string of the molecule is CCCNc1nc(NCCCOCC2CC2)nc(OC)n1. The normalized spacial score (nSPS) is 14.0. The minimum absolute atomic E-state index is 0.316. The van der Waals surface area contributed by atoms with Crippen LogP contribution in [0, 0.1) is 5.92 Å². The maximum absolute atomic E-state index is 5.59. The monoisotopic (exact) mass is 295 g/mol. The van der Waals surface area contributed by atoms with Crippen molar-refractivity contribution in [3.63, 3.8) is 0 Å². The lowest BCUT2D eigenvalue weighted by atomic mass is 10.4. The van der Waals surface area contributed by atoms with Gasteiger partial charge in [-0.2, -0.15) is 15.0 Å². The molecule has 1 aliphatic carbocycles. The molecule has 1 aromatic rings. The standard InChI is InChI=1S/C14H25N5O2/c1-3-7-15-12-17-13(19-14(18-12)20-2)16-8-4-9-21-10-11-5-6-11/h11H,3-10H2,1-2H3,(H2,15,16,17,18,19). The summed E-state index contributed by atoms with van der Waals surface area (Å²) in [5.74, 6) is 1.89. The Hall–Kier alpha value is -1.63. The van der Waals surface area contributed by atoms with Crippen molar-refractivity contribution in [3.8, 4) is 6.01 Å². The predicted octanol–water partition coefficient (Wildman–Crippen LogP) is 1.93. The van der Waals surface area contributed by atoms with E-state index in [1.807, 2.05) is 0 Å². The summed E-state index contributed by atoms with van der Waals surface area (Å²) in [5.41, 5.74) is 0. The van der Waals surface area contributed by atoms with Gasteiger partial charge in [0.25, 0.3) is 0 Å². The van der Waals surface area contributed by atoms with Crippen molar-refractivity contribution in [3.05, 3.63) is 0 Å². The number of aromatic nitrogens is 3. The van der Waals surface area contributed by atoms with Crippen LogP contribution in [-0.2, 0) is 4.74 Å². The van der Waals surface area contributed by atoms with Crippen LogP contribution in [0.5, 0.6) is 6.01 Å². The summed E-state index contributed by atoms with van der Waals surface area (Å²) in [7, 11) is 1.55. The van der Waals surface area contributed by atoms with Crippen molar-refractivity contribution in [2.45, 2.75) is 32.6 Å². The van der Waals surface area contributed by atoms with Crippen LogP contribution >= 0.6 is 0 Å². The van der Waals surface area contributed by atoms with E-state index in [9.17, 15) is 0 Å². The quantitative estimate of drug-likeness (QED) is 0.604. The van der Waals surface area contributed by atoms with Gasteiger partial charge in [0.2, 0.25) is 11.9 Å². The van der Waals surface area contributed by atoms with Gasteiger partial charge in [0.05, 0.1) is 7.11 Å². The Kier molecular flexibility index (Phi) is 6.46. The molecule has 0 saturated heterocycles. The Morgan fingerprint density at radius 3 is 2.43 bits per heavy atom. The first-order chi connectivity index (χ1) is 10.3. The number of methoxy groups -OCH3 is 1. The minimum atomic E-state index is 0.316. The van der Waals surface area contributed by atoms with Crippen LogP contribution in [0.4, 0.5) is 11.9 Å². The lowest BCUT2D eigenvalue weighted by molar-refractivity contribution is 0.124. The molecule has 21 heavy (non-hydrogen) atoms. The van der Waals surface area contributed by atoms with E-state index >= 15 is 0 Å². The molecule has 1 aromatic heterocycles. The molecule has 0 atom stereocenters. The van der Waals surface area contributed by atoms with Crippen molar-refractivity contribution in [2.24, 2.45) is 5.92 Å². The zero-order valence-electron chi connectivity index (χ0n) is 12.9. The van der Waals surface area contributed by atoms with Crippen LogP contribution in [0.25, 0.3) is 0 Å². The number of rotatable bonds is 11. The molecule has 2 N–H and O–H groups in total. The van der Waals surface area contributed by atoms with Gasteiger partial charge in [0, 0.05) is 26.3 Å². The van der Waals surface area contributed by atoms with Gasteiger partial charge in [0.15, 0.2) is 0 Å². The van der Waals surface area contributed by atoms with E-state index in [1.54, 1.807) is 7.11 Å². The van der Waals surface area contributed by atoms with Crippen molar-refractivity contribution >= 4 is 11.9 Å². The Morgan fingerprint density at radius 2 is 1.81 bits per heavy atom. The Labute approximate surface area is 125 Å². The third kappa shape index (κ3) is 6.12. The zero-order valence-corrected chi connectivity index (χ0v) is 12.9. The lowest BCUT2D eigenvalue weighted by Gasteiger charge is -2.09. The molecule has 0 bridgehead atoms. The highest BCUT2D eigenvalue weighted by Crippen LogP contribution is 2.28. The van der Waals surface area contributed by atoms with Crippen LogP contribution in [0.15, 0.2) is 0 Å². The summed E-state index contributed by atoms with van der Waals surface area (Å²) in [6.07, 6.45) is 4.60.